The van der Waals surface area contributed by atoms with Crippen molar-refractivity contribution < 1.29 is 8.42 Å². The Bertz CT molecular complexity index is 514. The van der Waals surface area contributed by atoms with Crippen molar-refractivity contribution >= 4 is 26.5 Å². The molecule has 2 N–H and O–H groups in total. The molecule has 2 atom stereocenters. The predicted molar refractivity (Wildman–Crippen MR) is 70.7 cm³/mol. The Morgan fingerprint density at radius 2 is 2.00 bits per heavy atom. The molecule has 0 aliphatic heterocycles. The zero-order valence-corrected chi connectivity index (χ0v) is 12.2. The number of nitrogens with two attached hydrogens (primary N) is 1. The van der Waals surface area contributed by atoms with Gasteiger partial charge in [0, 0.05) is 13.1 Å². The van der Waals surface area contributed by atoms with Crippen LogP contribution in [0.3, 0.4) is 0 Å². The van der Waals surface area contributed by atoms with E-state index in [4.69, 9.17) is 5.73 Å². The molecule has 0 spiro atoms. The molecule has 0 amide bonds. The van der Waals surface area contributed by atoms with Gasteiger partial charge in [-0.3, -0.25) is 0 Å². The molecule has 1 aliphatic rings. The first-order valence-corrected chi connectivity index (χ1v) is 8.25. The van der Waals surface area contributed by atoms with Crippen LogP contribution in [0.25, 0.3) is 0 Å². The van der Waals surface area contributed by atoms with Crippen LogP contribution in [0.4, 0.5) is 5.13 Å². The molecule has 2 rings (SSSR count). The van der Waals surface area contributed by atoms with Crippen molar-refractivity contribution in [1.82, 2.24) is 14.5 Å². The molecule has 1 heterocycles. The van der Waals surface area contributed by atoms with Gasteiger partial charge in [-0.15, -0.1) is 10.2 Å². The minimum absolute atomic E-state index is 0.0136. The molecule has 0 saturated heterocycles. The molecule has 8 heteroatoms. The van der Waals surface area contributed by atoms with Crippen LogP contribution in [0.2, 0.25) is 0 Å². The summed E-state index contributed by atoms with van der Waals surface area (Å²) in [5, 5.41) is 7.39. The van der Waals surface area contributed by atoms with Gasteiger partial charge in [-0.1, -0.05) is 31.1 Å². The second-order valence-electron chi connectivity index (χ2n) is 4.76. The number of rotatable bonds is 3. The van der Waals surface area contributed by atoms with Crippen molar-refractivity contribution in [3.8, 4) is 0 Å². The summed E-state index contributed by atoms with van der Waals surface area (Å²) in [6.07, 6.45) is 4.23. The number of sulfonamides is 1. The van der Waals surface area contributed by atoms with Crippen LogP contribution < -0.4 is 5.73 Å². The van der Waals surface area contributed by atoms with Crippen molar-refractivity contribution in [3.63, 3.8) is 0 Å². The highest BCUT2D eigenvalue weighted by Gasteiger charge is 2.34. The third-order valence-corrected chi connectivity index (χ3v) is 6.54. The van der Waals surface area contributed by atoms with Crippen molar-refractivity contribution in [1.29, 1.82) is 0 Å². The summed E-state index contributed by atoms with van der Waals surface area (Å²) < 4.78 is 26.2. The summed E-state index contributed by atoms with van der Waals surface area (Å²) in [7, 11) is -1.93. The van der Waals surface area contributed by atoms with E-state index < -0.39 is 10.0 Å². The lowest BCUT2D eigenvalue weighted by molar-refractivity contribution is 0.213. The molecule has 1 fully saturated rings. The Morgan fingerprint density at radius 3 is 2.56 bits per heavy atom. The second-order valence-corrected chi connectivity index (χ2v) is 7.94. The molecule has 0 bridgehead atoms. The highest BCUT2D eigenvalue weighted by molar-refractivity contribution is 7.91. The van der Waals surface area contributed by atoms with Gasteiger partial charge in [-0.05, 0) is 18.8 Å². The van der Waals surface area contributed by atoms with E-state index >= 15 is 0 Å². The summed E-state index contributed by atoms with van der Waals surface area (Å²) in [4.78, 5) is 0. The van der Waals surface area contributed by atoms with Crippen LogP contribution in [0.15, 0.2) is 4.34 Å². The SMILES string of the molecule is CC1CCCCC1N(C)S(=O)(=O)c1nnc(N)s1. The Hall–Kier alpha value is -0.730. The topological polar surface area (TPSA) is 89.2 Å². The molecule has 1 aromatic rings. The summed E-state index contributed by atoms with van der Waals surface area (Å²) in [5.41, 5.74) is 5.44. The molecular weight excluding hydrogens is 272 g/mol. The van der Waals surface area contributed by atoms with Crippen LogP contribution in [-0.4, -0.2) is 36.0 Å². The molecule has 0 radical (unpaired) electrons. The fraction of sp³-hybridized carbons (Fsp3) is 0.800. The number of hydrogen-bond acceptors (Lipinski definition) is 6. The Morgan fingerprint density at radius 1 is 1.33 bits per heavy atom. The fourth-order valence-corrected chi connectivity index (χ4v) is 4.90. The van der Waals surface area contributed by atoms with Gasteiger partial charge < -0.3 is 5.73 Å². The zero-order valence-electron chi connectivity index (χ0n) is 10.5. The predicted octanol–water partition coefficient (Wildman–Crippen LogP) is 1.32. The Labute approximate surface area is 111 Å². The highest BCUT2D eigenvalue weighted by Crippen LogP contribution is 2.31. The molecule has 0 aromatic carbocycles. The van der Waals surface area contributed by atoms with E-state index in [0.29, 0.717) is 5.92 Å². The van der Waals surface area contributed by atoms with Gasteiger partial charge in [-0.25, -0.2) is 8.42 Å². The molecule has 2 unspecified atom stereocenters. The third kappa shape index (κ3) is 2.50. The molecule has 18 heavy (non-hydrogen) atoms. The monoisotopic (exact) mass is 290 g/mol. The number of anilines is 1. The molecule has 6 nitrogen and oxygen atoms in total. The van der Waals surface area contributed by atoms with Crippen LogP contribution in [0.1, 0.15) is 32.6 Å². The van der Waals surface area contributed by atoms with Gasteiger partial charge in [0.25, 0.3) is 10.0 Å². The Kier molecular flexibility index (Phi) is 3.88. The molecule has 1 saturated carbocycles. The van der Waals surface area contributed by atoms with Crippen molar-refractivity contribution in [2.75, 3.05) is 12.8 Å². The highest BCUT2D eigenvalue weighted by atomic mass is 32.2. The molecule has 1 aliphatic carbocycles. The first-order chi connectivity index (χ1) is 8.43. The minimum atomic E-state index is -3.55. The Balaban J connectivity index is 2.24. The lowest BCUT2D eigenvalue weighted by Crippen LogP contribution is -2.42. The first kappa shape index (κ1) is 13.7. The van der Waals surface area contributed by atoms with E-state index in [-0.39, 0.29) is 15.5 Å². The van der Waals surface area contributed by atoms with Crippen molar-refractivity contribution in [2.24, 2.45) is 5.92 Å². The lowest BCUT2D eigenvalue weighted by Gasteiger charge is -2.34. The summed E-state index contributed by atoms with van der Waals surface area (Å²) in [6.45, 7) is 2.10. The summed E-state index contributed by atoms with van der Waals surface area (Å²) in [6, 6.07) is 0.0499. The largest absolute Gasteiger partial charge is 0.374 e. The van der Waals surface area contributed by atoms with Gasteiger partial charge in [0.2, 0.25) is 9.47 Å². The number of hydrogen-bond donors (Lipinski definition) is 1. The van der Waals surface area contributed by atoms with E-state index in [1.807, 2.05) is 0 Å². The van der Waals surface area contributed by atoms with E-state index in [1.165, 1.54) is 10.7 Å². The quantitative estimate of drug-likeness (QED) is 0.907. The van der Waals surface area contributed by atoms with E-state index in [9.17, 15) is 8.42 Å². The molecule has 102 valence electrons. The number of aromatic nitrogens is 2. The van der Waals surface area contributed by atoms with Crippen molar-refractivity contribution in [3.05, 3.63) is 0 Å². The minimum Gasteiger partial charge on any atom is -0.374 e. The smallest absolute Gasteiger partial charge is 0.272 e. The van der Waals surface area contributed by atoms with Gasteiger partial charge in [0.1, 0.15) is 0 Å². The first-order valence-electron chi connectivity index (χ1n) is 6.00. The van der Waals surface area contributed by atoms with Crippen LogP contribution in [0, 0.1) is 5.92 Å². The van der Waals surface area contributed by atoms with Crippen LogP contribution in [-0.2, 0) is 10.0 Å². The molecule has 1 aromatic heterocycles. The zero-order chi connectivity index (χ0) is 13.3. The van der Waals surface area contributed by atoms with E-state index in [0.717, 1.165) is 30.6 Å². The lowest BCUT2D eigenvalue weighted by atomic mass is 9.86. The summed E-state index contributed by atoms with van der Waals surface area (Å²) in [5.74, 6) is 0.379. The summed E-state index contributed by atoms with van der Waals surface area (Å²) >= 11 is 0.914. The number of nitrogen functional groups attached to an aromatic ring is 1. The van der Waals surface area contributed by atoms with Crippen LogP contribution >= 0.6 is 11.3 Å². The second kappa shape index (κ2) is 5.10. The third-order valence-electron chi connectivity index (χ3n) is 3.56. The van der Waals surface area contributed by atoms with Gasteiger partial charge >= 0.3 is 0 Å². The number of nitrogens with zero attached hydrogens (tertiary/aromatic N) is 3. The fourth-order valence-electron chi connectivity index (χ4n) is 2.46. The maximum atomic E-state index is 12.4. The average molecular weight is 290 g/mol. The van der Waals surface area contributed by atoms with E-state index in [1.54, 1.807) is 7.05 Å². The normalized spacial score (nSPS) is 25.5. The maximum absolute atomic E-state index is 12.4. The van der Waals surface area contributed by atoms with Gasteiger partial charge in [0.05, 0.1) is 0 Å². The maximum Gasteiger partial charge on any atom is 0.272 e. The standard InChI is InChI=1S/C10H18N4O2S2/c1-7-5-3-4-6-8(7)14(2)18(15,16)10-13-12-9(11)17-10/h7-8H,3-6H2,1-2H3,(H2,11,12). The van der Waals surface area contributed by atoms with Gasteiger partial charge in [-0.2, -0.15) is 4.31 Å². The van der Waals surface area contributed by atoms with Crippen LogP contribution in [0.5, 0.6) is 0 Å². The van der Waals surface area contributed by atoms with Crippen molar-refractivity contribution in [2.45, 2.75) is 43.0 Å². The van der Waals surface area contributed by atoms with E-state index in [2.05, 4.69) is 17.1 Å². The average Bonchev–Trinajstić information content (AvgIpc) is 2.76. The van der Waals surface area contributed by atoms with Gasteiger partial charge in [0.15, 0.2) is 0 Å². The molecular formula is C10H18N4O2S2.